The molecule has 1 atom stereocenters. The van der Waals surface area contributed by atoms with E-state index < -0.39 is 15.3 Å². The zero-order valence-electron chi connectivity index (χ0n) is 9.21. The lowest BCUT2D eigenvalue weighted by Crippen LogP contribution is -2.39. The SMILES string of the molecule is CC(Cn1cccn1)NS(=O)(=O)C(C)C. The Morgan fingerprint density at radius 2 is 2.07 bits per heavy atom. The molecule has 0 aliphatic carbocycles. The topological polar surface area (TPSA) is 64.0 Å². The Morgan fingerprint density at radius 1 is 1.40 bits per heavy atom. The van der Waals surface area contributed by atoms with E-state index in [9.17, 15) is 8.42 Å². The first kappa shape index (κ1) is 12.2. The minimum atomic E-state index is -3.19. The van der Waals surface area contributed by atoms with E-state index in [0.29, 0.717) is 6.54 Å². The highest BCUT2D eigenvalue weighted by Gasteiger charge is 2.18. The summed E-state index contributed by atoms with van der Waals surface area (Å²) in [6.45, 7) is 5.67. The van der Waals surface area contributed by atoms with Crippen molar-refractivity contribution in [1.82, 2.24) is 14.5 Å². The average molecular weight is 231 g/mol. The van der Waals surface area contributed by atoms with E-state index in [2.05, 4.69) is 9.82 Å². The molecule has 1 rings (SSSR count). The van der Waals surface area contributed by atoms with Crippen LogP contribution in [-0.4, -0.2) is 29.5 Å². The maximum atomic E-state index is 11.5. The second kappa shape index (κ2) is 4.76. The largest absolute Gasteiger partial charge is 0.271 e. The van der Waals surface area contributed by atoms with E-state index >= 15 is 0 Å². The quantitative estimate of drug-likeness (QED) is 0.807. The second-order valence-electron chi connectivity index (χ2n) is 3.84. The lowest BCUT2D eigenvalue weighted by atomic mass is 10.4. The molecule has 0 spiro atoms. The molecular weight excluding hydrogens is 214 g/mol. The fourth-order valence-corrected chi connectivity index (χ4v) is 2.05. The molecule has 1 aromatic rings. The van der Waals surface area contributed by atoms with Crippen LogP contribution in [0.1, 0.15) is 20.8 Å². The minimum absolute atomic E-state index is 0.155. The third kappa shape index (κ3) is 3.64. The van der Waals surface area contributed by atoms with Gasteiger partial charge in [-0.25, -0.2) is 13.1 Å². The van der Waals surface area contributed by atoms with Crippen LogP contribution in [-0.2, 0) is 16.6 Å². The van der Waals surface area contributed by atoms with E-state index in [1.807, 2.05) is 13.0 Å². The van der Waals surface area contributed by atoms with E-state index in [1.54, 1.807) is 30.9 Å². The van der Waals surface area contributed by atoms with E-state index in [4.69, 9.17) is 0 Å². The normalized spacial score (nSPS) is 14.4. The highest BCUT2D eigenvalue weighted by molar-refractivity contribution is 7.90. The zero-order chi connectivity index (χ0) is 11.5. The molecule has 0 fully saturated rings. The van der Waals surface area contributed by atoms with Crippen LogP contribution >= 0.6 is 0 Å². The fourth-order valence-electron chi connectivity index (χ4n) is 1.14. The molecule has 0 radical (unpaired) electrons. The summed E-state index contributed by atoms with van der Waals surface area (Å²) >= 11 is 0. The van der Waals surface area contributed by atoms with Gasteiger partial charge >= 0.3 is 0 Å². The van der Waals surface area contributed by atoms with Crippen molar-refractivity contribution in [2.24, 2.45) is 0 Å². The molecule has 1 unspecified atom stereocenters. The summed E-state index contributed by atoms with van der Waals surface area (Å²) in [5.41, 5.74) is 0. The molecule has 15 heavy (non-hydrogen) atoms. The van der Waals surface area contributed by atoms with Gasteiger partial charge in [0.05, 0.1) is 11.8 Å². The molecule has 1 heterocycles. The highest BCUT2D eigenvalue weighted by Crippen LogP contribution is 1.99. The number of rotatable bonds is 5. The molecule has 0 bridgehead atoms. The number of sulfonamides is 1. The molecule has 0 aromatic carbocycles. The first-order valence-corrected chi connectivity index (χ1v) is 6.45. The van der Waals surface area contributed by atoms with E-state index in [-0.39, 0.29) is 6.04 Å². The van der Waals surface area contributed by atoms with Crippen molar-refractivity contribution >= 4 is 10.0 Å². The average Bonchev–Trinajstić information content (AvgIpc) is 2.54. The van der Waals surface area contributed by atoms with Crippen LogP contribution in [0.5, 0.6) is 0 Å². The fraction of sp³-hybridized carbons (Fsp3) is 0.667. The highest BCUT2D eigenvalue weighted by atomic mass is 32.2. The van der Waals surface area contributed by atoms with Crippen molar-refractivity contribution in [2.75, 3.05) is 0 Å². The van der Waals surface area contributed by atoms with Crippen LogP contribution in [0.2, 0.25) is 0 Å². The Balaban J connectivity index is 2.53. The zero-order valence-corrected chi connectivity index (χ0v) is 10.0. The molecule has 1 N–H and O–H groups in total. The van der Waals surface area contributed by atoms with Crippen LogP contribution in [0.4, 0.5) is 0 Å². The van der Waals surface area contributed by atoms with Gasteiger partial charge in [-0.1, -0.05) is 0 Å². The smallest absolute Gasteiger partial charge is 0.214 e. The molecule has 1 aromatic heterocycles. The van der Waals surface area contributed by atoms with Crippen molar-refractivity contribution in [3.8, 4) is 0 Å². The van der Waals surface area contributed by atoms with Gasteiger partial charge in [0.25, 0.3) is 0 Å². The molecule has 86 valence electrons. The maximum absolute atomic E-state index is 11.5. The first-order chi connectivity index (χ1) is 6.92. The number of hydrogen-bond donors (Lipinski definition) is 1. The first-order valence-electron chi connectivity index (χ1n) is 4.90. The summed E-state index contributed by atoms with van der Waals surface area (Å²) in [7, 11) is -3.19. The Labute approximate surface area is 90.5 Å². The lowest BCUT2D eigenvalue weighted by molar-refractivity contribution is 0.490. The van der Waals surface area contributed by atoms with Gasteiger partial charge in [0.15, 0.2) is 0 Å². The van der Waals surface area contributed by atoms with Crippen molar-refractivity contribution < 1.29 is 8.42 Å². The summed E-state index contributed by atoms with van der Waals surface area (Å²) in [6.07, 6.45) is 3.48. The molecule has 0 amide bonds. The second-order valence-corrected chi connectivity index (χ2v) is 6.11. The summed E-state index contributed by atoms with van der Waals surface area (Å²) in [5.74, 6) is 0. The van der Waals surface area contributed by atoms with Crippen molar-refractivity contribution in [3.05, 3.63) is 18.5 Å². The molecule has 5 nitrogen and oxygen atoms in total. The van der Waals surface area contributed by atoms with Crippen molar-refractivity contribution in [2.45, 2.75) is 38.6 Å². The van der Waals surface area contributed by atoms with Crippen LogP contribution < -0.4 is 4.72 Å². The van der Waals surface area contributed by atoms with Gasteiger partial charge in [-0.3, -0.25) is 4.68 Å². The molecule has 0 saturated heterocycles. The van der Waals surface area contributed by atoms with Gasteiger partial charge in [-0.2, -0.15) is 5.10 Å². The number of nitrogens with zero attached hydrogens (tertiary/aromatic N) is 2. The predicted octanol–water partition coefficient (Wildman–Crippen LogP) is 0.599. The van der Waals surface area contributed by atoms with Gasteiger partial charge in [0, 0.05) is 18.4 Å². The summed E-state index contributed by atoms with van der Waals surface area (Å²) < 4.78 is 27.4. The van der Waals surface area contributed by atoms with Gasteiger partial charge in [-0.15, -0.1) is 0 Å². The molecule has 0 aliphatic heterocycles. The Morgan fingerprint density at radius 3 is 2.53 bits per heavy atom. The number of nitrogens with one attached hydrogen (secondary N) is 1. The molecule has 0 saturated carbocycles. The Bertz CT molecular complexity index is 383. The van der Waals surface area contributed by atoms with Crippen LogP contribution in [0.25, 0.3) is 0 Å². The minimum Gasteiger partial charge on any atom is -0.271 e. The third-order valence-corrected chi connectivity index (χ3v) is 3.98. The van der Waals surface area contributed by atoms with E-state index in [0.717, 1.165) is 0 Å². The molecular formula is C9H17N3O2S. The summed E-state index contributed by atoms with van der Waals surface area (Å²) in [6, 6.07) is 1.65. The summed E-state index contributed by atoms with van der Waals surface area (Å²) in [5, 5.41) is 3.61. The predicted molar refractivity (Wildman–Crippen MR) is 58.9 cm³/mol. The molecule has 6 heteroatoms. The van der Waals surface area contributed by atoms with Gasteiger partial charge in [-0.05, 0) is 26.8 Å². The monoisotopic (exact) mass is 231 g/mol. The van der Waals surface area contributed by atoms with Gasteiger partial charge in [0.1, 0.15) is 0 Å². The van der Waals surface area contributed by atoms with Gasteiger partial charge in [0.2, 0.25) is 10.0 Å². The van der Waals surface area contributed by atoms with Gasteiger partial charge < -0.3 is 0 Å². The van der Waals surface area contributed by atoms with Crippen LogP contribution in [0.15, 0.2) is 18.5 Å². The standard InChI is InChI=1S/C9H17N3O2S/c1-8(2)15(13,14)11-9(3)7-12-6-4-5-10-12/h4-6,8-9,11H,7H2,1-3H3. The Hall–Kier alpha value is -0.880. The Kier molecular flexibility index (Phi) is 3.87. The van der Waals surface area contributed by atoms with E-state index in [1.165, 1.54) is 0 Å². The number of aromatic nitrogens is 2. The van der Waals surface area contributed by atoms with Crippen LogP contribution in [0, 0.1) is 0 Å². The lowest BCUT2D eigenvalue weighted by Gasteiger charge is -2.16. The molecule has 0 aliphatic rings. The van der Waals surface area contributed by atoms with Crippen molar-refractivity contribution in [1.29, 1.82) is 0 Å². The van der Waals surface area contributed by atoms with Crippen molar-refractivity contribution in [3.63, 3.8) is 0 Å². The third-order valence-electron chi connectivity index (χ3n) is 2.01. The van der Waals surface area contributed by atoms with Crippen LogP contribution in [0.3, 0.4) is 0 Å². The summed E-state index contributed by atoms with van der Waals surface area (Å²) in [4.78, 5) is 0. The maximum Gasteiger partial charge on any atom is 0.214 e. The number of hydrogen-bond acceptors (Lipinski definition) is 3.